The molecule has 3 rings (SSSR count). The Morgan fingerprint density at radius 3 is 2.62 bits per heavy atom. The van der Waals surface area contributed by atoms with E-state index in [0.717, 1.165) is 36.7 Å². The highest BCUT2D eigenvalue weighted by Crippen LogP contribution is 2.53. The number of amides is 1. The minimum absolute atomic E-state index is 0.0255. The largest absolute Gasteiger partial charge is 0.375 e. The average Bonchev–Trinajstić information content (AvgIpc) is 2.64. The van der Waals surface area contributed by atoms with E-state index in [1.54, 1.807) is 7.11 Å². The van der Waals surface area contributed by atoms with E-state index in [1.165, 1.54) is 0 Å². The number of hydrogen-bond donors (Lipinski definition) is 1. The van der Waals surface area contributed by atoms with Crippen molar-refractivity contribution in [2.24, 2.45) is 11.3 Å². The molecule has 1 saturated carbocycles. The van der Waals surface area contributed by atoms with Crippen LogP contribution < -0.4 is 10.2 Å². The number of carbonyl (C=O) groups is 1. The van der Waals surface area contributed by atoms with Gasteiger partial charge in [-0.2, -0.15) is 0 Å². The molecule has 3 atom stereocenters. The van der Waals surface area contributed by atoms with Gasteiger partial charge in [-0.15, -0.1) is 0 Å². The van der Waals surface area contributed by atoms with Gasteiger partial charge in [0.05, 0.1) is 5.69 Å². The number of hydrogen-bond acceptors (Lipinski definition) is 5. The van der Waals surface area contributed by atoms with E-state index >= 15 is 0 Å². The van der Waals surface area contributed by atoms with E-state index in [4.69, 9.17) is 14.7 Å². The van der Waals surface area contributed by atoms with Crippen LogP contribution in [0.2, 0.25) is 0 Å². The maximum atomic E-state index is 12.2. The van der Waals surface area contributed by atoms with Gasteiger partial charge >= 0.3 is 0 Å². The Morgan fingerprint density at radius 2 is 2.03 bits per heavy atom. The number of fused-ring (bicyclic) bond motifs is 1. The molecule has 1 saturated heterocycles. The van der Waals surface area contributed by atoms with Crippen molar-refractivity contribution in [3.8, 4) is 0 Å². The first-order valence-electron chi connectivity index (χ1n) is 10.9. The van der Waals surface area contributed by atoms with E-state index in [1.807, 2.05) is 0 Å². The van der Waals surface area contributed by atoms with Gasteiger partial charge in [-0.05, 0) is 12.8 Å². The molecule has 1 N–H and O–H groups in total. The molecule has 0 bridgehead atoms. The van der Waals surface area contributed by atoms with Crippen LogP contribution in [-0.4, -0.2) is 48.2 Å². The zero-order valence-electron chi connectivity index (χ0n) is 19.4. The molecule has 1 aromatic heterocycles. The van der Waals surface area contributed by atoms with Crippen LogP contribution in [0, 0.1) is 11.3 Å². The van der Waals surface area contributed by atoms with E-state index in [9.17, 15) is 4.79 Å². The van der Waals surface area contributed by atoms with Gasteiger partial charge in [-0.3, -0.25) is 4.79 Å². The molecule has 2 fully saturated rings. The van der Waals surface area contributed by atoms with Crippen LogP contribution in [0.1, 0.15) is 78.7 Å². The number of carbonyl (C=O) groups excluding carboxylic acids is 1. The standard InChI is InChI=1S/C23H38N4O2/c1-14(2)21-24-16(22(3,4)5)12-17(25-21)27-11-9-10-15-19(23(6,7)20(15)27)26-18(28)13-29-8/h12,14-15,19-20H,9-11,13H2,1-8H3,(H,26,28). The highest BCUT2D eigenvalue weighted by molar-refractivity contribution is 5.78. The molecule has 162 valence electrons. The maximum Gasteiger partial charge on any atom is 0.246 e. The van der Waals surface area contributed by atoms with Crippen molar-refractivity contribution in [2.75, 3.05) is 25.2 Å². The number of aromatic nitrogens is 2. The first-order valence-corrected chi connectivity index (χ1v) is 10.9. The lowest BCUT2D eigenvalue weighted by atomic mass is 9.52. The zero-order valence-corrected chi connectivity index (χ0v) is 19.4. The second-order valence-electron chi connectivity index (χ2n) is 10.6. The SMILES string of the molecule is COCC(=O)NC1C2CCCN(c3cc(C(C)(C)C)nc(C(C)C)n3)C2C1(C)C. The summed E-state index contributed by atoms with van der Waals surface area (Å²) in [6, 6.07) is 2.72. The van der Waals surface area contributed by atoms with Crippen molar-refractivity contribution in [2.45, 2.75) is 84.7 Å². The fourth-order valence-corrected chi connectivity index (χ4v) is 5.08. The first kappa shape index (κ1) is 22.0. The smallest absolute Gasteiger partial charge is 0.246 e. The minimum Gasteiger partial charge on any atom is -0.375 e. The van der Waals surface area contributed by atoms with Crippen molar-refractivity contribution < 1.29 is 9.53 Å². The third kappa shape index (κ3) is 4.14. The molecule has 0 radical (unpaired) electrons. The normalized spacial score (nSPS) is 26.1. The molecule has 1 aromatic rings. The van der Waals surface area contributed by atoms with E-state index in [-0.39, 0.29) is 35.3 Å². The molecule has 2 aliphatic rings. The van der Waals surface area contributed by atoms with Gasteiger partial charge in [0.1, 0.15) is 18.2 Å². The lowest BCUT2D eigenvalue weighted by Gasteiger charge is -2.64. The molecule has 2 heterocycles. The Labute approximate surface area is 175 Å². The first-order chi connectivity index (χ1) is 13.5. The molecule has 0 spiro atoms. The predicted octanol–water partition coefficient (Wildman–Crippen LogP) is 3.65. The van der Waals surface area contributed by atoms with Crippen LogP contribution in [0.3, 0.4) is 0 Å². The van der Waals surface area contributed by atoms with E-state index < -0.39 is 0 Å². The molecule has 1 aliphatic heterocycles. The third-order valence-electron chi connectivity index (χ3n) is 6.57. The fraction of sp³-hybridized carbons (Fsp3) is 0.783. The fourth-order valence-electron chi connectivity index (χ4n) is 5.08. The summed E-state index contributed by atoms with van der Waals surface area (Å²) < 4.78 is 5.01. The maximum absolute atomic E-state index is 12.2. The Hall–Kier alpha value is -1.69. The highest BCUT2D eigenvalue weighted by atomic mass is 16.5. The van der Waals surface area contributed by atoms with Crippen LogP contribution in [0.25, 0.3) is 0 Å². The summed E-state index contributed by atoms with van der Waals surface area (Å²) in [6.07, 6.45) is 2.25. The zero-order chi connectivity index (χ0) is 21.6. The van der Waals surface area contributed by atoms with Crippen molar-refractivity contribution in [3.63, 3.8) is 0 Å². The number of nitrogens with zero attached hydrogens (tertiary/aromatic N) is 3. The minimum atomic E-state index is -0.0284. The number of ether oxygens (including phenoxy) is 1. The van der Waals surface area contributed by atoms with Gasteiger partial charge in [-0.25, -0.2) is 9.97 Å². The Balaban J connectivity index is 1.92. The second kappa shape index (κ2) is 7.86. The molecule has 1 amide bonds. The summed E-state index contributed by atoms with van der Waals surface area (Å²) >= 11 is 0. The monoisotopic (exact) mass is 402 g/mol. The summed E-state index contributed by atoms with van der Waals surface area (Å²) in [5.41, 5.74) is 1.04. The molecule has 6 heteroatoms. The summed E-state index contributed by atoms with van der Waals surface area (Å²) in [4.78, 5) is 24.5. The number of piperidine rings is 1. The van der Waals surface area contributed by atoms with Crippen LogP contribution >= 0.6 is 0 Å². The van der Waals surface area contributed by atoms with Crippen molar-refractivity contribution in [1.29, 1.82) is 0 Å². The van der Waals surface area contributed by atoms with Gasteiger partial charge < -0.3 is 15.0 Å². The summed E-state index contributed by atoms with van der Waals surface area (Å²) in [7, 11) is 1.56. The molecule has 0 aromatic carbocycles. The molecule has 6 nitrogen and oxygen atoms in total. The van der Waals surface area contributed by atoms with E-state index in [0.29, 0.717) is 12.0 Å². The highest BCUT2D eigenvalue weighted by Gasteiger charge is 2.60. The molecule has 1 aliphatic carbocycles. The van der Waals surface area contributed by atoms with Gasteiger partial charge in [-0.1, -0.05) is 48.5 Å². The molecule has 29 heavy (non-hydrogen) atoms. The number of rotatable bonds is 5. The average molecular weight is 403 g/mol. The number of nitrogens with one attached hydrogen (secondary N) is 1. The molecular weight excluding hydrogens is 364 g/mol. The van der Waals surface area contributed by atoms with Crippen molar-refractivity contribution >= 4 is 11.7 Å². The Kier molecular flexibility index (Phi) is 5.96. The van der Waals surface area contributed by atoms with Crippen LogP contribution in [0.15, 0.2) is 6.07 Å². The second-order valence-corrected chi connectivity index (χ2v) is 10.6. The van der Waals surface area contributed by atoms with Crippen LogP contribution in [0.5, 0.6) is 0 Å². The van der Waals surface area contributed by atoms with E-state index in [2.05, 4.69) is 64.7 Å². The van der Waals surface area contributed by atoms with Gasteiger partial charge in [0.2, 0.25) is 5.91 Å². The number of methoxy groups -OCH3 is 1. The lowest BCUT2D eigenvalue weighted by Crippen LogP contribution is -2.75. The van der Waals surface area contributed by atoms with Crippen molar-refractivity contribution in [1.82, 2.24) is 15.3 Å². The molecular formula is C23H38N4O2. The van der Waals surface area contributed by atoms with Crippen LogP contribution in [-0.2, 0) is 14.9 Å². The molecule has 3 unspecified atom stereocenters. The Morgan fingerprint density at radius 1 is 1.34 bits per heavy atom. The predicted molar refractivity (Wildman–Crippen MR) is 116 cm³/mol. The summed E-state index contributed by atoms with van der Waals surface area (Å²) in [5.74, 6) is 2.65. The van der Waals surface area contributed by atoms with Gasteiger partial charge in [0, 0.05) is 54.5 Å². The van der Waals surface area contributed by atoms with Crippen molar-refractivity contribution in [3.05, 3.63) is 17.6 Å². The number of anilines is 1. The lowest BCUT2D eigenvalue weighted by molar-refractivity contribution is -0.131. The third-order valence-corrected chi connectivity index (χ3v) is 6.57. The quantitative estimate of drug-likeness (QED) is 0.814. The Bertz CT molecular complexity index is 754. The van der Waals surface area contributed by atoms with Gasteiger partial charge in [0.25, 0.3) is 0 Å². The van der Waals surface area contributed by atoms with Gasteiger partial charge in [0.15, 0.2) is 0 Å². The topological polar surface area (TPSA) is 67.3 Å². The van der Waals surface area contributed by atoms with Crippen LogP contribution in [0.4, 0.5) is 5.82 Å². The summed E-state index contributed by atoms with van der Waals surface area (Å²) in [6.45, 7) is 16.6. The summed E-state index contributed by atoms with van der Waals surface area (Å²) in [5, 5.41) is 3.22.